The van der Waals surface area contributed by atoms with Crippen molar-refractivity contribution < 1.29 is 61.3 Å². The minimum Gasteiger partial charge on any atom is -0.550 e. The van der Waals surface area contributed by atoms with Gasteiger partial charge in [0.15, 0.2) is 9.54 Å². The summed E-state index contributed by atoms with van der Waals surface area (Å²) < 4.78 is 2.81. The summed E-state index contributed by atoms with van der Waals surface area (Å²) in [5.41, 5.74) is 3.76. The number of H-pyrrole nitrogens is 2. The molecule has 0 radical (unpaired) electrons. The summed E-state index contributed by atoms with van der Waals surface area (Å²) in [5.74, 6) is -1.69. The summed E-state index contributed by atoms with van der Waals surface area (Å²) in [6.45, 7) is 2.33. The van der Waals surface area contributed by atoms with E-state index in [2.05, 4.69) is 15.1 Å². The van der Waals surface area contributed by atoms with E-state index in [4.69, 9.17) is 24.4 Å². The van der Waals surface area contributed by atoms with Crippen LogP contribution in [-0.4, -0.2) is 27.8 Å². The van der Waals surface area contributed by atoms with E-state index in [1.165, 1.54) is 0 Å². The van der Waals surface area contributed by atoms with Crippen molar-refractivity contribution in [1.82, 2.24) is 14.8 Å². The smallest absolute Gasteiger partial charge is 0.550 e. The van der Waals surface area contributed by atoms with E-state index in [1.807, 2.05) is 55.6 Å². The number of carbonyl (C=O) groups is 1. The fraction of sp³-hybridized carbons (Fsp3) is 0.211. The Morgan fingerprint density at radius 1 is 1.07 bits per heavy atom. The number of carbonyl (C=O) groups excluding carboxylic acids is 1. The third-order valence-electron chi connectivity index (χ3n) is 4.48. The van der Waals surface area contributed by atoms with Gasteiger partial charge in [-0.25, -0.2) is 0 Å². The summed E-state index contributed by atoms with van der Waals surface area (Å²) in [6.07, 6.45) is 0. The van der Waals surface area contributed by atoms with Gasteiger partial charge in [0.05, 0.1) is 5.69 Å². The van der Waals surface area contributed by atoms with Gasteiger partial charge in [0, 0.05) is 31.2 Å². The molecule has 0 saturated heterocycles. The van der Waals surface area contributed by atoms with Crippen LogP contribution in [0.1, 0.15) is 24.0 Å². The van der Waals surface area contributed by atoms with Crippen LogP contribution in [0.25, 0.3) is 5.69 Å². The van der Waals surface area contributed by atoms with Crippen molar-refractivity contribution in [2.24, 2.45) is 0 Å². The van der Waals surface area contributed by atoms with E-state index in [-0.39, 0.29) is 51.4 Å². The normalized spacial score (nSPS) is 11.5. The van der Waals surface area contributed by atoms with Crippen LogP contribution in [-0.2, 0) is 11.3 Å². The molecule has 0 fully saturated rings. The summed E-state index contributed by atoms with van der Waals surface area (Å²) in [5, 5.41) is 16.6. The Morgan fingerprint density at radius 3 is 2.11 bits per heavy atom. The van der Waals surface area contributed by atoms with Crippen molar-refractivity contribution in [1.29, 1.82) is 0 Å². The number of anilines is 1. The molecule has 2 N–H and O–H groups in total. The average molecular weight is 439 g/mol. The summed E-state index contributed by atoms with van der Waals surface area (Å²) in [6, 6.07) is 15.5. The van der Waals surface area contributed by atoms with Gasteiger partial charge in [-0.2, -0.15) is 0 Å². The number of rotatable bonds is 6. The first-order chi connectivity index (χ1) is 12.9. The number of nitrogens with zero attached hydrogens (tertiary/aromatic N) is 2. The third kappa shape index (κ3) is 5.29. The molecule has 9 heteroatoms. The molecule has 0 saturated carbocycles. The minimum atomic E-state index is -1.07. The first-order valence-corrected chi connectivity index (χ1v) is 9.19. The molecular weight excluding hydrogens is 419 g/mol. The molecule has 0 bridgehead atoms. The monoisotopic (exact) mass is 438 g/mol. The molecule has 0 aliphatic heterocycles. The molecular formula is C19H19KN4O2S2. The van der Waals surface area contributed by atoms with Gasteiger partial charge in [0.1, 0.15) is 0 Å². The van der Waals surface area contributed by atoms with Crippen molar-refractivity contribution in [2.45, 2.75) is 19.4 Å². The van der Waals surface area contributed by atoms with Gasteiger partial charge in [0.25, 0.3) is 0 Å². The van der Waals surface area contributed by atoms with Gasteiger partial charge in [-0.15, -0.1) is 0 Å². The zero-order chi connectivity index (χ0) is 19.6. The maximum atomic E-state index is 11.0. The molecule has 1 atom stereocenters. The van der Waals surface area contributed by atoms with Crippen LogP contribution in [0.4, 0.5) is 5.69 Å². The van der Waals surface area contributed by atoms with Gasteiger partial charge in [-0.3, -0.25) is 14.8 Å². The Bertz CT molecular complexity index is 1030. The molecule has 28 heavy (non-hydrogen) atoms. The second-order valence-electron chi connectivity index (χ2n) is 6.35. The predicted octanol–water partition coefficient (Wildman–Crippen LogP) is 0.0863. The largest absolute Gasteiger partial charge is 1.00 e. The zero-order valence-corrected chi connectivity index (χ0v) is 20.7. The van der Waals surface area contributed by atoms with E-state index in [1.54, 1.807) is 11.5 Å². The second-order valence-corrected chi connectivity index (χ2v) is 7.12. The molecule has 140 valence electrons. The topological polar surface area (TPSA) is 79.9 Å². The van der Waals surface area contributed by atoms with E-state index in [9.17, 15) is 9.90 Å². The first kappa shape index (κ1) is 23.2. The van der Waals surface area contributed by atoms with Gasteiger partial charge < -0.3 is 14.8 Å². The van der Waals surface area contributed by atoms with Crippen LogP contribution >= 0.6 is 24.4 Å². The summed E-state index contributed by atoms with van der Waals surface area (Å²) in [7, 11) is 1.99. The SMILES string of the molecule is CC(C(=O)[O-])c1ccc(N(C)Cc2ccc(-n3c(=S)[nH][nH]c3=S)cc2)cc1.[K+]. The van der Waals surface area contributed by atoms with Crippen molar-refractivity contribution in [3.63, 3.8) is 0 Å². The molecule has 0 aliphatic rings. The van der Waals surface area contributed by atoms with E-state index in [0.717, 1.165) is 22.5 Å². The molecule has 1 aromatic heterocycles. The molecule has 1 heterocycles. The number of aliphatic carboxylic acids is 1. The average Bonchev–Trinajstić information content (AvgIpc) is 3.00. The molecule has 3 rings (SSSR count). The number of hydrogen-bond acceptors (Lipinski definition) is 5. The molecule has 0 amide bonds. The summed E-state index contributed by atoms with van der Waals surface area (Å²) in [4.78, 5) is 13.1. The predicted molar refractivity (Wildman–Crippen MR) is 108 cm³/mol. The number of aromatic nitrogens is 3. The number of carboxylic acid groups (broad SMARTS) is 1. The van der Waals surface area contributed by atoms with E-state index < -0.39 is 11.9 Å². The van der Waals surface area contributed by atoms with Gasteiger partial charge in [-0.1, -0.05) is 31.2 Å². The van der Waals surface area contributed by atoms with Crippen molar-refractivity contribution in [3.8, 4) is 5.69 Å². The number of carboxylic acids is 1. The first-order valence-electron chi connectivity index (χ1n) is 8.38. The Labute approximate surface area is 216 Å². The van der Waals surface area contributed by atoms with Gasteiger partial charge in [-0.05, 0) is 59.8 Å². The summed E-state index contributed by atoms with van der Waals surface area (Å²) >= 11 is 10.5. The van der Waals surface area contributed by atoms with Crippen molar-refractivity contribution in [2.75, 3.05) is 11.9 Å². The molecule has 6 nitrogen and oxygen atoms in total. The molecule has 0 aliphatic carbocycles. The maximum absolute atomic E-state index is 11.0. The van der Waals surface area contributed by atoms with Crippen LogP contribution in [0.2, 0.25) is 0 Å². The third-order valence-corrected chi connectivity index (χ3v) is 5.05. The molecule has 2 aromatic carbocycles. The Balaban J connectivity index is 0.00000280. The number of aromatic amines is 2. The van der Waals surface area contributed by atoms with E-state index in [0.29, 0.717) is 16.1 Å². The molecule has 0 spiro atoms. The van der Waals surface area contributed by atoms with E-state index >= 15 is 0 Å². The minimum absolute atomic E-state index is 0. The molecule has 3 aromatic rings. The van der Waals surface area contributed by atoms with Gasteiger partial charge >= 0.3 is 51.4 Å². The molecule has 1 unspecified atom stereocenters. The Morgan fingerprint density at radius 2 is 1.61 bits per heavy atom. The Hall–Kier alpha value is -1.07. The van der Waals surface area contributed by atoms with Crippen LogP contribution < -0.4 is 61.4 Å². The standard InChI is InChI=1S/C19H20N4O2S2.K/c1-12(17(24)25)14-5-9-15(10-6-14)22(2)11-13-3-7-16(8-4-13)23-18(26)20-21-19(23)27;/h3-10,12H,11H2,1-2H3,(H,20,26)(H,21,27)(H,24,25);/q;+1/p-1. The number of benzene rings is 2. The fourth-order valence-electron chi connectivity index (χ4n) is 2.81. The fourth-order valence-corrected chi connectivity index (χ4v) is 3.37. The maximum Gasteiger partial charge on any atom is 1.00 e. The number of hydrogen-bond donors (Lipinski definition) is 2. The van der Waals surface area contributed by atoms with Crippen LogP contribution in [0.3, 0.4) is 0 Å². The van der Waals surface area contributed by atoms with Crippen LogP contribution in [0.5, 0.6) is 0 Å². The zero-order valence-electron chi connectivity index (χ0n) is 15.9. The quantitative estimate of drug-likeness (QED) is 0.421. The number of nitrogens with one attached hydrogen (secondary N) is 2. The Kier molecular flexibility index (Phi) is 8.38. The van der Waals surface area contributed by atoms with Crippen molar-refractivity contribution >= 4 is 36.1 Å². The second kappa shape index (κ2) is 10.1. The van der Waals surface area contributed by atoms with Gasteiger partial charge in [0.2, 0.25) is 0 Å². The van der Waals surface area contributed by atoms with Crippen LogP contribution in [0, 0.1) is 9.54 Å². The van der Waals surface area contributed by atoms with Crippen LogP contribution in [0.15, 0.2) is 48.5 Å². The van der Waals surface area contributed by atoms with Crippen molar-refractivity contribution in [3.05, 3.63) is 69.2 Å².